The Bertz CT molecular complexity index is 253. The highest BCUT2D eigenvalue weighted by atomic mass is 127. The van der Waals surface area contributed by atoms with E-state index in [9.17, 15) is 4.79 Å². The summed E-state index contributed by atoms with van der Waals surface area (Å²) in [6.07, 6.45) is 3.57. The molecule has 0 amide bonds. The lowest BCUT2D eigenvalue weighted by molar-refractivity contribution is -0.145. The van der Waals surface area contributed by atoms with Crippen LogP contribution in [0.2, 0.25) is 0 Å². The minimum Gasteiger partial charge on any atom is -0.463 e. The van der Waals surface area contributed by atoms with Crippen molar-refractivity contribution in [2.45, 2.75) is 32.6 Å². The quantitative estimate of drug-likeness (QED) is 0.140. The Balaban J connectivity index is 3.06. The van der Waals surface area contributed by atoms with E-state index in [-0.39, 0.29) is 5.97 Å². The first kappa shape index (κ1) is 23.0. The van der Waals surface area contributed by atoms with Crippen LogP contribution < -0.4 is 0 Å². The topological polar surface area (TPSA) is 63.2 Å². The molecular formula is C16H31IO6. The fourth-order valence-electron chi connectivity index (χ4n) is 1.62. The van der Waals surface area contributed by atoms with Crippen LogP contribution in [0.1, 0.15) is 32.6 Å². The summed E-state index contributed by atoms with van der Waals surface area (Å²) in [5.41, 5.74) is 0. The van der Waals surface area contributed by atoms with Gasteiger partial charge in [0.15, 0.2) is 0 Å². The Hall–Kier alpha value is 0.0400. The maximum absolute atomic E-state index is 11.3. The van der Waals surface area contributed by atoms with Crippen molar-refractivity contribution in [1.29, 1.82) is 0 Å². The van der Waals surface area contributed by atoms with E-state index < -0.39 is 0 Å². The minimum absolute atomic E-state index is 0.141. The van der Waals surface area contributed by atoms with Gasteiger partial charge in [0.2, 0.25) is 0 Å². The van der Waals surface area contributed by atoms with E-state index in [0.29, 0.717) is 59.3 Å². The molecule has 0 saturated carbocycles. The third-order valence-electron chi connectivity index (χ3n) is 2.81. The van der Waals surface area contributed by atoms with Crippen molar-refractivity contribution in [3.8, 4) is 0 Å². The zero-order valence-electron chi connectivity index (χ0n) is 14.2. The van der Waals surface area contributed by atoms with Crippen molar-refractivity contribution in [3.05, 3.63) is 0 Å². The van der Waals surface area contributed by atoms with Crippen LogP contribution in [0.5, 0.6) is 0 Å². The molecule has 0 rings (SSSR count). The lowest BCUT2D eigenvalue weighted by atomic mass is 10.2. The third kappa shape index (κ3) is 20.0. The lowest BCUT2D eigenvalue weighted by Gasteiger charge is -2.07. The molecular weight excluding hydrogens is 415 g/mol. The smallest absolute Gasteiger partial charge is 0.305 e. The molecule has 7 heteroatoms. The van der Waals surface area contributed by atoms with Crippen molar-refractivity contribution in [1.82, 2.24) is 0 Å². The molecule has 0 fully saturated rings. The second kappa shape index (κ2) is 20.1. The highest BCUT2D eigenvalue weighted by molar-refractivity contribution is 14.1. The van der Waals surface area contributed by atoms with Crippen molar-refractivity contribution in [3.63, 3.8) is 0 Å². The van der Waals surface area contributed by atoms with Crippen LogP contribution in [0, 0.1) is 0 Å². The van der Waals surface area contributed by atoms with Gasteiger partial charge in [-0.25, -0.2) is 0 Å². The average molecular weight is 446 g/mol. The summed E-state index contributed by atoms with van der Waals surface area (Å²) in [5.74, 6) is -0.141. The number of rotatable bonds is 18. The molecule has 0 N–H and O–H groups in total. The summed E-state index contributed by atoms with van der Waals surface area (Å²) in [7, 11) is 0. The molecule has 0 aromatic heterocycles. The van der Waals surface area contributed by atoms with Crippen LogP contribution in [-0.2, 0) is 28.5 Å². The number of hydrogen-bond donors (Lipinski definition) is 0. The van der Waals surface area contributed by atoms with Crippen molar-refractivity contribution >= 4 is 28.6 Å². The average Bonchev–Trinajstić information content (AvgIpc) is 2.55. The van der Waals surface area contributed by atoms with Gasteiger partial charge in [-0.1, -0.05) is 42.4 Å². The first-order valence-corrected chi connectivity index (χ1v) is 9.86. The summed E-state index contributed by atoms with van der Waals surface area (Å²) in [5, 5.41) is 0. The molecule has 0 heterocycles. The largest absolute Gasteiger partial charge is 0.463 e. The van der Waals surface area contributed by atoms with Gasteiger partial charge in [0, 0.05) is 10.8 Å². The molecule has 0 aromatic rings. The minimum atomic E-state index is -0.141. The van der Waals surface area contributed by atoms with E-state index in [2.05, 4.69) is 29.5 Å². The number of hydrogen-bond acceptors (Lipinski definition) is 6. The Labute approximate surface area is 153 Å². The first-order valence-electron chi connectivity index (χ1n) is 8.33. The molecule has 0 atom stereocenters. The first-order chi connectivity index (χ1) is 11.3. The zero-order valence-corrected chi connectivity index (χ0v) is 16.4. The van der Waals surface area contributed by atoms with E-state index in [0.717, 1.165) is 30.3 Å². The number of alkyl halides is 1. The van der Waals surface area contributed by atoms with E-state index in [4.69, 9.17) is 23.7 Å². The summed E-state index contributed by atoms with van der Waals surface area (Å²) in [4.78, 5) is 11.3. The number of ether oxygens (including phenoxy) is 5. The maximum Gasteiger partial charge on any atom is 0.305 e. The number of carbonyl (C=O) groups excluding carboxylic acids is 1. The molecule has 0 aliphatic rings. The monoisotopic (exact) mass is 446 g/mol. The molecule has 0 aliphatic heterocycles. The van der Waals surface area contributed by atoms with Gasteiger partial charge in [0.25, 0.3) is 0 Å². The Morgan fingerprint density at radius 1 is 0.739 bits per heavy atom. The molecule has 0 spiro atoms. The predicted octanol–water partition coefficient (Wildman–Crippen LogP) is 2.61. The van der Waals surface area contributed by atoms with Gasteiger partial charge in [-0.15, -0.1) is 0 Å². The molecule has 6 nitrogen and oxygen atoms in total. The van der Waals surface area contributed by atoms with Crippen molar-refractivity contribution < 1.29 is 28.5 Å². The standard InChI is InChI=1S/C16H31IO6/c1-2-3-4-5-16(18)23-15-14-22-13-12-21-11-10-20-9-8-19-7-6-17/h2-15H2,1H3. The molecule has 138 valence electrons. The summed E-state index contributed by atoms with van der Waals surface area (Å²) >= 11 is 2.27. The molecule has 0 saturated heterocycles. The third-order valence-corrected chi connectivity index (χ3v) is 3.25. The SMILES string of the molecule is CCCCCC(=O)OCCOCCOCCOCCOCCI. The zero-order chi connectivity index (χ0) is 17.0. The van der Waals surface area contributed by atoms with Gasteiger partial charge in [0.05, 0.1) is 52.9 Å². The van der Waals surface area contributed by atoms with Crippen LogP contribution in [-0.4, -0.2) is 69.9 Å². The highest BCUT2D eigenvalue weighted by Gasteiger charge is 2.01. The Morgan fingerprint density at radius 3 is 1.70 bits per heavy atom. The number of esters is 1. The number of carbonyl (C=O) groups is 1. The van der Waals surface area contributed by atoms with Gasteiger partial charge in [-0.05, 0) is 6.42 Å². The van der Waals surface area contributed by atoms with Gasteiger partial charge in [-0.2, -0.15) is 0 Å². The summed E-state index contributed by atoms with van der Waals surface area (Å²) in [6, 6.07) is 0. The fraction of sp³-hybridized carbons (Fsp3) is 0.938. The second-order valence-electron chi connectivity index (χ2n) is 4.82. The number of unbranched alkanes of at least 4 members (excludes halogenated alkanes) is 2. The van der Waals surface area contributed by atoms with Gasteiger partial charge in [0.1, 0.15) is 6.61 Å². The van der Waals surface area contributed by atoms with Crippen LogP contribution in [0.3, 0.4) is 0 Å². The number of halogens is 1. The Morgan fingerprint density at radius 2 is 1.22 bits per heavy atom. The van der Waals surface area contributed by atoms with E-state index >= 15 is 0 Å². The second-order valence-corrected chi connectivity index (χ2v) is 5.89. The molecule has 0 radical (unpaired) electrons. The highest BCUT2D eigenvalue weighted by Crippen LogP contribution is 2.00. The van der Waals surface area contributed by atoms with Crippen molar-refractivity contribution in [2.75, 3.05) is 63.9 Å². The van der Waals surface area contributed by atoms with E-state index in [1.54, 1.807) is 0 Å². The fourth-order valence-corrected chi connectivity index (χ4v) is 1.93. The Kier molecular flexibility index (Phi) is 20.1. The molecule has 0 aliphatic carbocycles. The maximum atomic E-state index is 11.3. The van der Waals surface area contributed by atoms with Crippen LogP contribution in [0.4, 0.5) is 0 Å². The van der Waals surface area contributed by atoms with E-state index in [1.165, 1.54) is 0 Å². The van der Waals surface area contributed by atoms with Gasteiger partial charge in [-0.3, -0.25) is 4.79 Å². The van der Waals surface area contributed by atoms with Crippen LogP contribution >= 0.6 is 22.6 Å². The molecule has 0 bridgehead atoms. The molecule has 0 aromatic carbocycles. The molecule has 23 heavy (non-hydrogen) atoms. The predicted molar refractivity (Wildman–Crippen MR) is 97.3 cm³/mol. The van der Waals surface area contributed by atoms with Gasteiger partial charge >= 0.3 is 5.97 Å². The van der Waals surface area contributed by atoms with E-state index in [1.807, 2.05) is 0 Å². The van der Waals surface area contributed by atoms with Crippen molar-refractivity contribution in [2.24, 2.45) is 0 Å². The molecule has 0 unspecified atom stereocenters. The summed E-state index contributed by atoms with van der Waals surface area (Å²) in [6.45, 7) is 6.93. The summed E-state index contributed by atoms with van der Waals surface area (Å²) < 4.78 is 27.3. The van der Waals surface area contributed by atoms with Crippen LogP contribution in [0.15, 0.2) is 0 Å². The van der Waals surface area contributed by atoms with Gasteiger partial charge < -0.3 is 23.7 Å². The lowest BCUT2D eigenvalue weighted by Crippen LogP contribution is -2.14. The normalized spacial score (nSPS) is 10.9. The van der Waals surface area contributed by atoms with Crippen LogP contribution in [0.25, 0.3) is 0 Å².